The van der Waals surface area contributed by atoms with Crippen molar-refractivity contribution in [2.75, 3.05) is 18.9 Å². The Morgan fingerprint density at radius 2 is 1.76 bits per heavy atom. The molecule has 2 amide bonds. The van der Waals surface area contributed by atoms with Crippen molar-refractivity contribution in [3.8, 4) is 11.8 Å². The van der Waals surface area contributed by atoms with Crippen molar-refractivity contribution in [3.63, 3.8) is 0 Å². The molecule has 0 aliphatic heterocycles. The Labute approximate surface area is 169 Å². The third-order valence-electron chi connectivity index (χ3n) is 4.46. The van der Waals surface area contributed by atoms with Crippen molar-refractivity contribution < 1.29 is 14.3 Å². The van der Waals surface area contributed by atoms with Gasteiger partial charge in [-0.3, -0.25) is 9.59 Å². The van der Waals surface area contributed by atoms with Gasteiger partial charge in [-0.1, -0.05) is 36.4 Å². The van der Waals surface area contributed by atoms with Crippen molar-refractivity contribution in [2.24, 2.45) is 0 Å². The number of amides is 2. The second-order valence-electron chi connectivity index (χ2n) is 6.67. The Kier molecular flexibility index (Phi) is 6.10. The van der Waals surface area contributed by atoms with Gasteiger partial charge in [0.1, 0.15) is 5.75 Å². The molecule has 6 heteroatoms. The number of hydrogen-bond acceptors (Lipinski definition) is 4. The van der Waals surface area contributed by atoms with Crippen molar-refractivity contribution >= 4 is 28.3 Å². The third kappa shape index (κ3) is 4.90. The molecule has 0 saturated carbocycles. The van der Waals surface area contributed by atoms with E-state index in [1.165, 1.54) is 4.90 Å². The van der Waals surface area contributed by atoms with Crippen LogP contribution in [0.5, 0.6) is 5.75 Å². The topological polar surface area (TPSA) is 82.4 Å². The standard InChI is InChI=1S/C23H21N3O3/c1-16(29-19-12-10-17(14-24)11-13-19)23(28)26(2)15-22(27)25-21-9-5-7-18-6-3-4-8-20(18)21/h3-13,16H,15H2,1-2H3,(H,25,27). The first-order valence-corrected chi connectivity index (χ1v) is 9.17. The fourth-order valence-corrected chi connectivity index (χ4v) is 2.99. The highest BCUT2D eigenvalue weighted by molar-refractivity contribution is 6.03. The Morgan fingerprint density at radius 3 is 2.48 bits per heavy atom. The summed E-state index contributed by atoms with van der Waals surface area (Å²) in [6, 6.07) is 22.0. The molecule has 1 atom stereocenters. The van der Waals surface area contributed by atoms with E-state index in [1.807, 2.05) is 48.5 Å². The first kappa shape index (κ1) is 19.9. The predicted molar refractivity (Wildman–Crippen MR) is 111 cm³/mol. The molecule has 0 aliphatic carbocycles. The predicted octanol–water partition coefficient (Wildman–Crippen LogP) is 3.58. The number of carbonyl (C=O) groups is 2. The van der Waals surface area contributed by atoms with Gasteiger partial charge in [-0.2, -0.15) is 5.26 Å². The average Bonchev–Trinajstić information content (AvgIpc) is 2.73. The number of nitrogens with zero attached hydrogens (tertiary/aromatic N) is 2. The molecular weight excluding hydrogens is 366 g/mol. The molecule has 3 aromatic carbocycles. The Hall–Kier alpha value is -3.85. The summed E-state index contributed by atoms with van der Waals surface area (Å²) in [5.74, 6) is -0.122. The van der Waals surface area contributed by atoms with Crippen LogP contribution in [0.4, 0.5) is 5.69 Å². The molecule has 1 N–H and O–H groups in total. The van der Waals surface area contributed by atoms with Crippen molar-refractivity contribution in [1.29, 1.82) is 5.26 Å². The number of benzene rings is 3. The molecule has 3 aromatic rings. The number of ether oxygens (including phenoxy) is 1. The lowest BCUT2D eigenvalue weighted by atomic mass is 10.1. The summed E-state index contributed by atoms with van der Waals surface area (Å²) in [5.41, 5.74) is 1.22. The van der Waals surface area contributed by atoms with E-state index >= 15 is 0 Å². The van der Waals surface area contributed by atoms with E-state index in [2.05, 4.69) is 5.32 Å². The number of fused-ring (bicyclic) bond motifs is 1. The zero-order valence-electron chi connectivity index (χ0n) is 16.3. The van der Waals surface area contributed by atoms with Gasteiger partial charge in [-0.15, -0.1) is 0 Å². The normalized spacial score (nSPS) is 11.3. The summed E-state index contributed by atoms with van der Waals surface area (Å²) in [5, 5.41) is 13.7. The van der Waals surface area contributed by atoms with Crippen LogP contribution < -0.4 is 10.1 Å². The average molecular weight is 387 g/mol. The summed E-state index contributed by atoms with van der Waals surface area (Å²) in [6.45, 7) is 1.53. The van der Waals surface area contributed by atoms with E-state index in [0.717, 1.165) is 10.8 Å². The van der Waals surface area contributed by atoms with Gasteiger partial charge in [0, 0.05) is 18.1 Å². The summed E-state index contributed by atoms with van der Waals surface area (Å²) < 4.78 is 5.62. The molecule has 146 valence electrons. The molecule has 0 spiro atoms. The Bertz CT molecular complexity index is 1070. The number of rotatable bonds is 6. The van der Waals surface area contributed by atoms with Gasteiger partial charge in [-0.25, -0.2) is 0 Å². The lowest BCUT2D eigenvalue weighted by Crippen LogP contribution is -2.42. The molecule has 0 radical (unpaired) electrons. The molecule has 6 nitrogen and oxygen atoms in total. The van der Waals surface area contributed by atoms with Crippen molar-refractivity contribution in [3.05, 3.63) is 72.3 Å². The van der Waals surface area contributed by atoms with Crippen LogP contribution in [0.15, 0.2) is 66.7 Å². The Balaban J connectivity index is 1.59. The molecule has 29 heavy (non-hydrogen) atoms. The second kappa shape index (κ2) is 8.89. The number of anilines is 1. The van der Waals surface area contributed by atoms with Crippen molar-refractivity contribution in [2.45, 2.75) is 13.0 Å². The van der Waals surface area contributed by atoms with Crippen LogP contribution in [0, 0.1) is 11.3 Å². The van der Waals surface area contributed by atoms with Gasteiger partial charge in [0.2, 0.25) is 5.91 Å². The molecule has 0 fully saturated rings. The van der Waals surface area contributed by atoms with Gasteiger partial charge in [0.15, 0.2) is 6.10 Å². The number of nitriles is 1. The minimum atomic E-state index is -0.765. The highest BCUT2D eigenvalue weighted by atomic mass is 16.5. The van der Waals surface area contributed by atoms with Gasteiger partial charge in [-0.05, 0) is 42.6 Å². The lowest BCUT2D eigenvalue weighted by molar-refractivity contribution is -0.139. The zero-order valence-corrected chi connectivity index (χ0v) is 16.3. The molecular formula is C23H21N3O3. The van der Waals surface area contributed by atoms with Crippen molar-refractivity contribution in [1.82, 2.24) is 4.90 Å². The molecule has 0 aliphatic rings. The maximum Gasteiger partial charge on any atom is 0.263 e. The van der Waals surface area contributed by atoms with Crippen LogP contribution in [0.2, 0.25) is 0 Å². The van der Waals surface area contributed by atoms with Crippen LogP contribution >= 0.6 is 0 Å². The van der Waals surface area contributed by atoms with Gasteiger partial charge < -0.3 is 15.0 Å². The van der Waals surface area contributed by atoms with Crippen LogP contribution in [0.25, 0.3) is 10.8 Å². The first-order valence-electron chi connectivity index (χ1n) is 9.17. The van der Waals surface area contributed by atoms with Crippen LogP contribution in [-0.2, 0) is 9.59 Å². The Morgan fingerprint density at radius 1 is 1.07 bits per heavy atom. The van der Waals surface area contributed by atoms with E-state index in [9.17, 15) is 9.59 Å². The van der Waals surface area contributed by atoms with Crippen LogP contribution in [0.3, 0.4) is 0 Å². The minimum Gasteiger partial charge on any atom is -0.481 e. The van der Waals surface area contributed by atoms with Gasteiger partial charge in [0.25, 0.3) is 5.91 Å². The number of hydrogen-bond donors (Lipinski definition) is 1. The summed E-state index contributed by atoms with van der Waals surface area (Å²) in [7, 11) is 1.56. The highest BCUT2D eigenvalue weighted by Gasteiger charge is 2.21. The minimum absolute atomic E-state index is 0.0941. The molecule has 0 heterocycles. The van der Waals surface area contributed by atoms with E-state index in [-0.39, 0.29) is 18.4 Å². The van der Waals surface area contributed by atoms with Gasteiger partial charge in [0.05, 0.1) is 18.2 Å². The number of nitrogens with one attached hydrogen (secondary N) is 1. The lowest BCUT2D eigenvalue weighted by Gasteiger charge is -2.22. The van der Waals surface area contributed by atoms with E-state index in [1.54, 1.807) is 38.2 Å². The zero-order chi connectivity index (χ0) is 20.8. The maximum absolute atomic E-state index is 12.5. The molecule has 1 unspecified atom stereocenters. The third-order valence-corrected chi connectivity index (χ3v) is 4.46. The molecule has 3 rings (SSSR count). The van der Waals surface area contributed by atoms with E-state index < -0.39 is 6.10 Å². The smallest absolute Gasteiger partial charge is 0.263 e. The SMILES string of the molecule is CC(Oc1ccc(C#N)cc1)C(=O)N(C)CC(=O)Nc1cccc2ccccc12. The van der Waals surface area contributed by atoms with Gasteiger partial charge >= 0.3 is 0 Å². The summed E-state index contributed by atoms with van der Waals surface area (Å²) in [6.07, 6.45) is -0.765. The van der Waals surface area contributed by atoms with Crippen LogP contribution in [0.1, 0.15) is 12.5 Å². The fraction of sp³-hybridized carbons (Fsp3) is 0.174. The molecule has 0 aromatic heterocycles. The summed E-state index contributed by atoms with van der Waals surface area (Å²) in [4.78, 5) is 26.3. The van der Waals surface area contributed by atoms with Crippen LogP contribution in [-0.4, -0.2) is 36.4 Å². The number of carbonyl (C=O) groups excluding carboxylic acids is 2. The first-order chi connectivity index (χ1) is 14.0. The molecule has 0 saturated heterocycles. The number of likely N-dealkylation sites (N-methyl/N-ethyl adjacent to an activating group) is 1. The largest absolute Gasteiger partial charge is 0.481 e. The maximum atomic E-state index is 12.5. The monoisotopic (exact) mass is 387 g/mol. The summed E-state index contributed by atoms with van der Waals surface area (Å²) >= 11 is 0. The second-order valence-corrected chi connectivity index (χ2v) is 6.67. The fourth-order valence-electron chi connectivity index (χ4n) is 2.99. The highest BCUT2D eigenvalue weighted by Crippen LogP contribution is 2.23. The quantitative estimate of drug-likeness (QED) is 0.701. The van der Waals surface area contributed by atoms with E-state index in [4.69, 9.17) is 10.00 Å². The molecule has 0 bridgehead atoms. The van der Waals surface area contributed by atoms with E-state index in [0.29, 0.717) is 17.0 Å².